The Hall–Kier alpha value is -2.95. The van der Waals surface area contributed by atoms with Gasteiger partial charge < -0.3 is 4.74 Å². The highest BCUT2D eigenvalue weighted by atomic mass is 16.6. The number of para-hydroxylation sites is 1. The summed E-state index contributed by atoms with van der Waals surface area (Å²) in [5, 5.41) is 11.4. The molecule has 0 spiro atoms. The molecule has 1 aliphatic carbocycles. The number of fused-ring (bicyclic) bond motifs is 1. The maximum Gasteiger partial charge on any atom is 0.334 e. The minimum absolute atomic E-state index is 0.0130. The molecule has 0 amide bonds. The molecule has 5 heteroatoms. The van der Waals surface area contributed by atoms with Crippen LogP contribution in [-0.4, -0.2) is 17.5 Å². The molecule has 23 heavy (non-hydrogen) atoms. The zero-order valence-electron chi connectivity index (χ0n) is 12.6. The highest BCUT2D eigenvalue weighted by Crippen LogP contribution is 2.41. The van der Waals surface area contributed by atoms with Crippen molar-refractivity contribution in [2.45, 2.75) is 13.3 Å². The molecular formula is C18H15NO4. The van der Waals surface area contributed by atoms with E-state index < -0.39 is 10.9 Å². The first kappa shape index (κ1) is 15.0. The van der Waals surface area contributed by atoms with Gasteiger partial charge in [0, 0.05) is 18.1 Å². The fourth-order valence-corrected chi connectivity index (χ4v) is 2.90. The molecule has 1 aliphatic rings. The van der Waals surface area contributed by atoms with E-state index in [1.807, 2.05) is 24.3 Å². The van der Waals surface area contributed by atoms with Crippen LogP contribution >= 0.6 is 0 Å². The molecular weight excluding hydrogens is 294 g/mol. The normalized spacial score (nSPS) is 12.9. The number of carbonyl (C=O) groups is 1. The summed E-state index contributed by atoms with van der Waals surface area (Å²) in [6.45, 7) is 2.01. The summed E-state index contributed by atoms with van der Waals surface area (Å²) < 4.78 is 5.14. The molecule has 0 bridgehead atoms. The van der Waals surface area contributed by atoms with Gasteiger partial charge in [-0.2, -0.15) is 0 Å². The average Bonchev–Trinajstić information content (AvgIpc) is 2.94. The predicted octanol–water partition coefficient (Wildman–Crippen LogP) is 3.52. The number of hydrogen-bond donors (Lipinski definition) is 0. The molecule has 2 aromatic rings. The molecule has 0 saturated carbocycles. The van der Waals surface area contributed by atoms with Gasteiger partial charge in [-0.05, 0) is 24.1 Å². The molecule has 0 fully saturated rings. The van der Waals surface area contributed by atoms with Crippen LogP contribution in [0.2, 0.25) is 0 Å². The second-order valence-electron chi connectivity index (χ2n) is 5.18. The van der Waals surface area contributed by atoms with Crippen LogP contribution in [0.3, 0.4) is 0 Å². The van der Waals surface area contributed by atoms with Crippen molar-refractivity contribution in [2.24, 2.45) is 0 Å². The minimum atomic E-state index is -0.425. The van der Waals surface area contributed by atoms with Crippen LogP contribution in [0.15, 0.2) is 54.1 Å². The lowest BCUT2D eigenvalue weighted by Gasteiger charge is -2.09. The molecule has 0 radical (unpaired) electrons. The molecule has 0 atom stereocenters. The van der Waals surface area contributed by atoms with E-state index in [0.29, 0.717) is 23.1 Å². The lowest BCUT2D eigenvalue weighted by molar-refractivity contribution is -0.385. The summed E-state index contributed by atoms with van der Waals surface area (Å²) in [6, 6.07) is 14.0. The SMILES string of the molecule is CCOC(=O)C1=C(c2ccccc2[N+](=O)[O-])c2ccccc2C1. The standard InChI is InChI=1S/C18H15NO4/c1-2-23-18(20)15-11-12-7-3-4-8-13(12)17(15)14-9-5-6-10-16(14)19(21)22/h3-10H,2,11H2,1H3. The topological polar surface area (TPSA) is 69.4 Å². The van der Waals surface area contributed by atoms with E-state index in [-0.39, 0.29) is 12.3 Å². The fourth-order valence-electron chi connectivity index (χ4n) is 2.90. The van der Waals surface area contributed by atoms with Crippen molar-refractivity contribution in [2.75, 3.05) is 6.61 Å². The van der Waals surface area contributed by atoms with Crippen molar-refractivity contribution >= 4 is 17.2 Å². The van der Waals surface area contributed by atoms with Gasteiger partial charge in [0.1, 0.15) is 0 Å². The summed E-state index contributed by atoms with van der Waals surface area (Å²) in [4.78, 5) is 23.3. The first-order valence-electron chi connectivity index (χ1n) is 7.35. The second kappa shape index (κ2) is 6.04. The summed E-state index contributed by atoms with van der Waals surface area (Å²) in [5.41, 5.74) is 3.34. The Morgan fingerprint density at radius 1 is 1.13 bits per heavy atom. The number of hydrogen-bond acceptors (Lipinski definition) is 4. The highest BCUT2D eigenvalue weighted by molar-refractivity contribution is 6.06. The zero-order chi connectivity index (χ0) is 16.4. The van der Waals surface area contributed by atoms with Crippen molar-refractivity contribution in [3.63, 3.8) is 0 Å². The van der Waals surface area contributed by atoms with Crippen LogP contribution in [0, 0.1) is 10.1 Å². The Labute approximate surface area is 133 Å². The van der Waals surface area contributed by atoms with Gasteiger partial charge in [0.05, 0.1) is 22.7 Å². The lowest BCUT2D eigenvalue weighted by Crippen LogP contribution is -2.09. The first-order valence-corrected chi connectivity index (χ1v) is 7.35. The Bertz CT molecular complexity index is 823. The molecule has 5 nitrogen and oxygen atoms in total. The van der Waals surface area contributed by atoms with E-state index in [0.717, 1.165) is 11.1 Å². The van der Waals surface area contributed by atoms with Crippen molar-refractivity contribution in [1.82, 2.24) is 0 Å². The quantitative estimate of drug-likeness (QED) is 0.492. The van der Waals surface area contributed by atoms with Gasteiger partial charge in [-0.1, -0.05) is 36.4 Å². The zero-order valence-corrected chi connectivity index (χ0v) is 12.6. The van der Waals surface area contributed by atoms with Crippen molar-refractivity contribution in [1.29, 1.82) is 0 Å². The molecule has 0 aliphatic heterocycles. The van der Waals surface area contributed by atoms with E-state index in [9.17, 15) is 14.9 Å². The van der Waals surface area contributed by atoms with E-state index in [1.54, 1.807) is 25.1 Å². The van der Waals surface area contributed by atoms with Crippen LogP contribution < -0.4 is 0 Å². The Kier molecular flexibility index (Phi) is 3.93. The maximum absolute atomic E-state index is 12.3. The minimum Gasteiger partial charge on any atom is -0.463 e. The van der Waals surface area contributed by atoms with Gasteiger partial charge in [-0.3, -0.25) is 10.1 Å². The molecule has 2 aromatic carbocycles. The molecule has 0 saturated heterocycles. The van der Waals surface area contributed by atoms with Gasteiger partial charge >= 0.3 is 5.97 Å². The molecule has 0 N–H and O–H groups in total. The number of benzene rings is 2. The number of nitro groups is 1. The monoisotopic (exact) mass is 309 g/mol. The van der Waals surface area contributed by atoms with Crippen LogP contribution in [0.5, 0.6) is 0 Å². The fraction of sp³-hybridized carbons (Fsp3) is 0.167. The van der Waals surface area contributed by atoms with Gasteiger partial charge in [0.25, 0.3) is 5.69 Å². The Balaban J connectivity index is 2.24. The number of carbonyl (C=O) groups excluding carboxylic acids is 1. The molecule has 3 rings (SSSR count). The largest absolute Gasteiger partial charge is 0.463 e. The van der Waals surface area contributed by atoms with Crippen LogP contribution in [0.1, 0.15) is 23.6 Å². The van der Waals surface area contributed by atoms with E-state index in [1.165, 1.54) is 6.07 Å². The summed E-state index contributed by atoms with van der Waals surface area (Å²) in [7, 11) is 0. The number of ether oxygens (including phenoxy) is 1. The first-order chi connectivity index (χ1) is 11.1. The average molecular weight is 309 g/mol. The molecule has 116 valence electrons. The van der Waals surface area contributed by atoms with E-state index >= 15 is 0 Å². The summed E-state index contributed by atoms with van der Waals surface area (Å²) in [5.74, 6) is -0.420. The molecule has 0 unspecified atom stereocenters. The second-order valence-corrected chi connectivity index (χ2v) is 5.18. The van der Waals surface area contributed by atoms with Crippen molar-refractivity contribution < 1.29 is 14.5 Å². The number of rotatable bonds is 4. The predicted molar refractivity (Wildman–Crippen MR) is 85.9 cm³/mol. The third-order valence-electron chi connectivity index (χ3n) is 3.85. The van der Waals surface area contributed by atoms with Crippen LogP contribution in [-0.2, 0) is 16.0 Å². The third-order valence-corrected chi connectivity index (χ3v) is 3.85. The third kappa shape index (κ3) is 2.61. The number of esters is 1. The summed E-state index contributed by atoms with van der Waals surface area (Å²) in [6.07, 6.45) is 0.427. The van der Waals surface area contributed by atoms with Gasteiger partial charge in [0.2, 0.25) is 0 Å². The van der Waals surface area contributed by atoms with Gasteiger partial charge in [-0.15, -0.1) is 0 Å². The Morgan fingerprint density at radius 3 is 2.48 bits per heavy atom. The van der Waals surface area contributed by atoms with Crippen LogP contribution in [0.4, 0.5) is 5.69 Å². The smallest absolute Gasteiger partial charge is 0.334 e. The molecule has 0 heterocycles. The number of nitrogens with zero attached hydrogens (tertiary/aromatic N) is 1. The van der Waals surface area contributed by atoms with Gasteiger partial charge in [-0.25, -0.2) is 4.79 Å². The Morgan fingerprint density at radius 2 is 1.78 bits per heavy atom. The van der Waals surface area contributed by atoms with Crippen LogP contribution in [0.25, 0.3) is 5.57 Å². The molecule has 0 aromatic heterocycles. The van der Waals surface area contributed by atoms with Gasteiger partial charge in [0.15, 0.2) is 0 Å². The van der Waals surface area contributed by atoms with E-state index in [2.05, 4.69) is 0 Å². The van der Waals surface area contributed by atoms with Crippen molar-refractivity contribution in [3.05, 3.63) is 80.9 Å². The van der Waals surface area contributed by atoms with E-state index in [4.69, 9.17) is 4.74 Å². The maximum atomic E-state index is 12.3. The summed E-state index contributed by atoms with van der Waals surface area (Å²) >= 11 is 0. The number of nitro benzene ring substituents is 1. The highest BCUT2D eigenvalue weighted by Gasteiger charge is 2.31. The van der Waals surface area contributed by atoms with Crippen molar-refractivity contribution in [3.8, 4) is 0 Å². The lowest BCUT2D eigenvalue weighted by atomic mass is 9.96.